The molecule has 0 saturated heterocycles. The van der Waals surface area contributed by atoms with Crippen LogP contribution in [-0.4, -0.2) is 4.57 Å². The molecule has 0 atom stereocenters. The second kappa shape index (κ2) is 7.22. The Labute approximate surface area is 195 Å². The van der Waals surface area contributed by atoms with E-state index in [-0.39, 0.29) is 0 Å². The maximum atomic E-state index is 3.73. The number of para-hydroxylation sites is 3. The third-order valence-corrected chi connectivity index (χ3v) is 7.53. The van der Waals surface area contributed by atoms with Gasteiger partial charge in [0.2, 0.25) is 0 Å². The Morgan fingerprint density at radius 1 is 0.606 bits per heavy atom. The van der Waals surface area contributed by atoms with Gasteiger partial charge in [-0.3, -0.25) is 0 Å². The summed E-state index contributed by atoms with van der Waals surface area (Å²) in [6, 6.07) is 41.0. The third-order valence-electron chi connectivity index (χ3n) is 6.35. The van der Waals surface area contributed by atoms with Gasteiger partial charge in [0.05, 0.1) is 15.7 Å². The molecule has 2 aromatic heterocycles. The van der Waals surface area contributed by atoms with E-state index in [1.54, 1.807) is 0 Å². The molecular weight excluding hydrogens is 420 g/mol. The highest BCUT2D eigenvalue weighted by Gasteiger charge is 2.20. The number of anilines is 2. The molecule has 0 unspecified atom stereocenters. The quantitative estimate of drug-likeness (QED) is 0.290. The molecule has 0 aliphatic carbocycles. The number of hydrogen-bond acceptors (Lipinski definition) is 2. The molecule has 0 aliphatic rings. The van der Waals surface area contributed by atoms with Gasteiger partial charge in [-0.2, -0.15) is 0 Å². The standard InChI is InChI=1S/C30H20N2S/c1-3-11-20(12-4-1)31-25-19-24-22-15-7-9-17-26(22)32(21-13-5-2-6-14-21)29(24)30-28(25)23-16-8-10-18-27(23)33-30/h1-19,31H. The van der Waals surface area contributed by atoms with Crippen LogP contribution in [0, 0.1) is 0 Å². The molecule has 0 bridgehead atoms. The fourth-order valence-corrected chi connectivity index (χ4v) is 6.22. The smallest absolute Gasteiger partial charge is 0.0721 e. The number of benzene rings is 5. The van der Waals surface area contributed by atoms with Crippen molar-refractivity contribution in [1.29, 1.82) is 0 Å². The molecular formula is C30H20N2S. The van der Waals surface area contributed by atoms with Crippen LogP contribution < -0.4 is 5.32 Å². The first-order valence-corrected chi connectivity index (χ1v) is 11.9. The topological polar surface area (TPSA) is 17.0 Å². The summed E-state index contributed by atoms with van der Waals surface area (Å²) >= 11 is 1.88. The highest BCUT2D eigenvalue weighted by Crippen LogP contribution is 2.46. The molecule has 0 amide bonds. The number of nitrogens with one attached hydrogen (secondary N) is 1. The van der Waals surface area contributed by atoms with Crippen LogP contribution in [0.25, 0.3) is 47.7 Å². The highest BCUT2D eigenvalue weighted by molar-refractivity contribution is 7.26. The normalized spacial score (nSPS) is 11.6. The van der Waals surface area contributed by atoms with Gasteiger partial charge in [-0.25, -0.2) is 0 Å². The van der Waals surface area contributed by atoms with Gasteiger partial charge in [-0.15, -0.1) is 11.3 Å². The zero-order valence-corrected chi connectivity index (χ0v) is 18.6. The molecule has 5 aromatic carbocycles. The van der Waals surface area contributed by atoms with Gasteiger partial charge in [0.15, 0.2) is 0 Å². The maximum absolute atomic E-state index is 3.73. The predicted molar refractivity (Wildman–Crippen MR) is 143 cm³/mol. The van der Waals surface area contributed by atoms with Crippen LogP contribution in [0.5, 0.6) is 0 Å². The molecule has 2 heterocycles. The minimum Gasteiger partial charge on any atom is -0.355 e. The first-order valence-electron chi connectivity index (χ1n) is 11.1. The lowest BCUT2D eigenvalue weighted by molar-refractivity contribution is 1.19. The van der Waals surface area contributed by atoms with Crippen molar-refractivity contribution in [3.63, 3.8) is 0 Å². The lowest BCUT2D eigenvalue weighted by Gasteiger charge is -2.12. The number of rotatable bonds is 3. The van der Waals surface area contributed by atoms with Crippen LogP contribution in [0.3, 0.4) is 0 Å². The Hall–Kier alpha value is -4.08. The molecule has 0 saturated carbocycles. The SMILES string of the molecule is c1ccc(Nc2cc3c4ccccc4n(-c4ccccc4)c3c3sc4ccccc4c23)cc1. The fourth-order valence-electron chi connectivity index (χ4n) is 4.95. The first-order chi connectivity index (χ1) is 16.4. The van der Waals surface area contributed by atoms with Crippen molar-refractivity contribution >= 4 is 64.7 Å². The van der Waals surface area contributed by atoms with Gasteiger partial charge < -0.3 is 9.88 Å². The molecule has 0 fully saturated rings. The molecule has 0 aliphatic heterocycles. The number of hydrogen-bond donors (Lipinski definition) is 1. The van der Waals surface area contributed by atoms with E-state index in [9.17, 15) is 0 Å². The van der Waals surface area contributed by atoms with Gasteiger partial charge >= 0.3 is 0 Å². The molecule has 1 N–H and O–H groups in total. The summed E-state index contributed by atoms with van der Waals surface area (Å²) in [6.07, 6.45) is 0. The summed E-state index contributed by atoms with van der Waals surface area (Å²) < 4.78 is 5.04. The van der Waals surface area contributed by atoms with Crippen molar-refractivity contribution in [3.8, 4) is 5.69 Å². The Morgan fingerprint density at radius 2 is 1.27 bits per heavy atom. The number of thiophene rings is 1. The average molecular weight is 441 g/mol. The second-order valence-electron chi connectivity index (χ2n) is 8.30. The first kappa shape index (κ1) is 18.5. The van der Waals surface area contributed by atoms with E-state index in [0.29, 0.717) is 0 Å². The Balaban J connectivity index is 1.69. The van der Waals surface area contributed by atoms with E-state index in [2.05, 4.69) is 125 Å². The van der Waals surface area contributed by atoms with E-state index >= 15 is 0 Å². The second-order valence-corrected chi connectivity index (χ2v) is 9.35. The Kier molecular flexibility index (Phi) is 4.05. The van der Waals surface area contributed by atoms with Gasteiger partial charge in [0.25, 0.3) is 0 Å². The summed E-state index contributed by atoms with van der Waals surface area (Å²) in [5.41, 5.74) is 5.94. The molecule has 0 spiro atoms. The van der Waals surface area contributed by atoms with Crippen molar-refractivity contribution in [2.24, 2.45) is 0 Å². The average Bonchev–Trinajstić information content (AvgIpc) is 3.42. The zero-order chi connectivity index (χ0) is 21.8. The minimum absolute atomic E-state index is 1.10. The van der Waals surface area contributed by atoms with Gasteiger partial charge in [-0.05, 0) is 42.5 Å². The molecule has 0 radical (unpaired) electrons. The van der Waals surface area contributed by atoms with Crippen LogP contribution >= 0.6 is 11.3 Å². The summed E-state index contributed by atoms with van der Waals surface area (Å²) in [4.78, 5) is 0. The van der Waals surface area contributed by atoms with E-state index in [1.165, 1.54) is 47.7 Å². The van der Waals surface area contributed by atoms with E-state index in [0.717, 1.165) is 11.4 Å². The molecule has 3 heteroatoms. The predicted octanol–water partition coefficient (Wildman–Crippen LogP) is 8.90. The molecule has 7 aromatic rings. The van der Waals surface area contributed by atoms with Crippen molar-refractivity contribution in [1.82, 2.24) is 4.57 Å². The molecule has 7 rings (SSSR count). The number of fused-ring (bicyclic) bond motifs is 7. The molecule has 156 valence electrons. The van der Waals surface area contributed by atoms with Crippen molar-refractivity contribution in [2.75, 3.05) is 5.32 Å². The highest BCUT2D eigenvalue weighted by atomic mass is 32.1. The Bertz CT molecular complexity index is 1780. The minimum atomic E-state index is 1.10. The van der Waals surface area contributed by atoms with Crippen molar-refractivity contribution in [3.05, 3.63) is 115 Å². The van der Waals surface area contributed by atoms with Crippen LogP contribution in [0.15, 0.2) is 115 Å². The summed E-state index contributed by atoms with van der Waals surface area (Å²) in [5.74, 6) is 0. The van der Waals surface area contributed by atoms with Crippen molar-refractivity contribution in [2.45, 2.75) is 0 Å². The van der Waals surface area contributed by atoms with Crippen LogP contribution in [0.2, 0.25) is 0 Å². The van der Waals surface area contributed by atoms with E-state index in [4.69, 9.17) is 0 Å². The fraction of sp³-hybridized carbons (Fsp3) is 0. The van der Waals surface area contributed by atoms with Crippen molar-refractivity contribution < 1.29 is 0 Å². The molecule has 33 heavy (non-hydrogen) atoms. The molecule has 2 nitrogen and oxygen atoms in total. The van der Waals surface area contributed by atoms with Gasteiger partial charge in [0.1, 0.15) is 0 Å². The Morgan fingerprint density at radius 3 is 2.09 bits per heavy atom. The van der Waals surface area contributed by atoms with E-state index < -0.39 is 0 Å². The van der Waals surface area contributed by atoms with Crippen LogP contribution in [-0.2, 0) is 0 Å². The van der Waals surface area contributed by atoms with E-state index in [1.807, 2.05) is 11.3 Å². The number of nitrogens with zero attached hydrogens (tertiary/aromatic N) is 1. The van der Waals surface area contributed by atoms with Crippen LogP contribution in [0.1, 0.15) is 0 Å². The maximum Gasteiger partial charge on any atom is 0.0721 e. The summed E-state index contributed by atoms with van der Waals surface area (Å²) in [5, 5.41) is 8.85. The third kappa shape index (κ3) is 2.80. The summed E-state index contributed by atoms with van der Waals surface area (Å²) in [7, 11) is 0. The van der Waals surface area contributed by atoms with Gasteiger partial charge in [0, 0.05) is 43.3 Å². The monoisotopic (exact) mass is 440 g/mol. The van der Waals surface area contributed by atoms with Gasteiger partial charge in [-0.1, -0.05) is 72.8 Å². The van der Waals surface area contributed by atoms with Crippen LogP contribution in [0.4, 0.5) is 11.4 Å². The zero-order valence-electron chi connectivity index (χ0n) is 17.8. The lowest BCUT2D eigenvalue weighted by Crippen LogP contribution is -1.95. The largest absolute Gasteiger partial charge is 0.355 e. The lowest BCUT2D eigenvalue weighted by atomic mass is 10.1. The summed E-state index contributed by atoms with van der Waals surface area (Å²) in [6.45, 7) is 0. The number of aromatic nitrogens is 1.